The average Bonchev–Trinajstić information content (AvgIpc) is 2.22. The summed E-state index contributed by atoms with van der Waals surface area (Å²) < 4.78 is 5.85. The van der Waals surface area contributed by atoms with Crippen LogP contribution in [0.25, 0.3) is 0 Å². The first kappa shape index (κ1) is 15.3. The lowest BCUT2D eigenvalue weighted by Gasteiger charge is -2.36. The van der Waals surface area contributed by atoms with Gasteiger partial charge in [0.1, 0.15) is 5.60 Å². The SMILES string of the molecule is C=C(C)C(=O)OC1(CC(C)C)CCCCCCC1. The summed E-state index contributed by atoms with van der Waals surface area (Å²) >= 11 is 0. The molecule has 0 unspecified atom stereocenters. The zero-order valence-corrected chi connectivity index (χ0v) is 12.3. The Morgan fingerprint density at radius 1 is 1.17 bits per heavy atom. The van der Waals surface area contributed by atoms with Crippen LogP contribution in [0, 0.1) is 5.92 Å². The summed E-state index contributed by atoms with van der Waals surface area (Å²) in [6.07, 6.45) is 9.23. The Labute approximate surface area is 112 Å². The molecule has 0 spiro atoms. The molecule has 104 valence electrons. The predicted octanol–water partition coefficient (Wildman–Crippen LogP) is 4.63. The Bertz CT molecular complexity index is 283. The van der Waals surface area contributed by atoms with Crippen LogP contribution in [0.3, 0.4) is 0 Å². The van der Waals surface area contributed by atoms with E-state index in [-0.39, 0.29) is 11.6 Å². The molecule has 18 heavy (non-hydrogen) atoms. The van der Waals surface area contributed by atoms with Crippen molar-refractivity contribution < 1.29 is 9.53 Å². The van der Waals surface area contributed by atoms with Crippen LogP contribution in [0.4, 0.5) is 0 Å². The van der Waals surface area contributed by atoms with Gasteiger partial charge in [-0.15, -0.1) is 0 Å². The van der Waals surface area contributed by atoms with Gasteiger partial charge in [0.2, 0.25) is 0 Å². The number of carbonyl (C=O) groups excluding carboxylic acids is 1. The van der Waals surface area contributed by atoms with E-state index in [1.54, 1.807) is 6.92 Å². The molecule has 1 fully saturated rings. The minimum absolute atomic E-state index is 0.212. The summed E-state index contributed by atoms with van der Waals surface area (Å²) in [5.74, 6) is 0.346. The summed E-state index contributed by atoms with van der Waals surface area (Å²) in [6, 6.07) is 0. The molecule has 0 aliphatic heterocycles. The summed E-state index contributed by atoms with van der Waals surface area (Å²) in [7, 11) is 0. The number of esters is 1. The van der Waals surface area contributed by atoms with Crippen molar-refractivity contribution in [2.24, 2.45) is 5.92 Å². The van der Waals surface area contributed by atoms with Gasteiger partial charge in [-0.05, 0) is 44.9 Å². The molecule has 1 aliphatic carbocycles. The van der Waals surface area contributed by atoms with E-state index in [2.05, 4.69) is 20.4 Å². The molecule has 0 bridgehead atoms. The number of rotatable bonds is 4. The molecule has 2 heteroatoms. The van der Waals surface area contributed by atoms with Gasteiger partial charge < -0.3 is 4.74 Å². The average molecular weight is 252 g/mol. The molecule has 0 aromatic carbocycles. The van der Waals surface area contributed by atoms with Crippen LogP contribution in [0.1, 0.15) is 72.1 Å². The van der Waals surface area contributed by atoms with E-state index in [1.807, 2.05) is 0 Å². The standard InChI is InChI=1S/C16H28O2/c1-13(2)12-16(18-15(17)14(3)4)10-8-6-5-7-9-11-16/h13H,3,5-12H2,1-2,4H3. The molecular formula is C16H28O2. The van der Waals surface area contributed by atoms with Gasteiger partial charge in [-0.2, -0.15) is 0 Å². The van der Waals surface area contributed by atoms with Crippen LogP contribution >= 0.6 is 0 Å². The number of ether oxygens (including phenoxy) is 1. The Morgan fingerprint density at radius 2 is 1.67 bits per heavy atom. The lowest BCUT2D eigenvalue weighted by molar-refractivity contribution is -0.159. The molecule has 1 aliphatic rings. The third-order valence-electron chi connectivity index (χ3n) is 3.70. The van der Waals surface area contributed by atoms with Crippen LogP contribution in [0.15, 0.2) is 12.2 Å². The molecule has 2 nitrogen and oxygen atoms in total. The Kier molecular flexibility index (Phi) is 5.90. The van der Waals surface area contributed by atoms with E-state index in [0.717, 1.165) is 19.3 Å². The topological polar surface area (TPSA) is 26.3 Å². The molecular weight excluding hydrogens is 224 g/mol. The van der Waals surface area contributed by atoms with E-state index < -0.39 is 0 Å². The van der Waals surface area contributed by atoms with E-state index >= 15 is 0 Å². The predicted molar refractivity (Wildman–Crippen MR) is 75.4 cm³/mol. The highest BCUT2D eigenvalue weighted by Crippen LogP contribution is 2.35. The normalized spacial score (nSPS) is 20.0. The maximum atomic E-state index is 11.9. The largest absolute Gasteiger partial charge is 0.456 e. The van der Waals surface area contributed by atoms with E-state index in [1.165, 1.54) is 32.1 Å². The van der Waals surface area contributed by atoms with Gasteiger partial charge in [0, 0.05) is 5.57 Å². The quantitative estimate of drug-likeness (QED) is 0.538. The number of hydrogen-bond acceptors (Lipinski definition) is 2. The van der Waals surface area contributed by atoms with Gasteiger partial charge in [-0.3, -0.25) is 0 Å². The van der Waals surface area contributed by atoms with Crippen molar-refractivity contribution in [3.63, 3.8) is 0 Å². The summed E-state index contributed by atoms with van der Waals surface area (Å²) in [5, 5.41) is 0. The Balaban J connectivity index is 2.77. The van der Waals surface area contributed by atoms with Crippen molar-refractivity contribution in [3.8, 4) is 0 Å². The van der Waals surface area contributed by atoms with Crippen LogP contribution in [0.2, 0.25) is 0 Å². The van der Waals surface area contributed by atoms with E-state index in [4.69, 9.17) is 4.74 Å². The molecule has 0 aromatic rings. The monoisotopic (exact) mass is 252 g/mol. The molecule has 1 saturated carbocycles. The fraction of sp³-hybridized carbons (Fsp3) is 0.812. The minimum Gasteiger partial charge on any atom is -0.456 e. The van der Waals surface area contributed by atoms with Crippen LogP contribution in [0.5, 0.6) is 0 Å². The number of hydrogen-bond donors (Lipinski definition) is 0. The van der Waals surface area contributed by atoms with Gasteiger partial charge >= 0.3 is 5.97 Å². The van der Waals surface area contributed by atoms with Crippen LogP contribution in [-0.4, -0.2) is 11.6 Å². The van der Waals surface area contributed by atoms with Gasteiger partial charge in [0.05, 0.1) is 0 Å². The van der Waals surface area contributed by atoms with Crippen molar-refractivity contribution in [2.75, 3.05) is 0 Å². The first-order chi connectivity index (χ1) is 8.45. The lowest BCUT2D eigenvalue weighted by atomic mass is 9.81. The second kappa shape index (κ2) is 6.96. The van der Waals surface area contributed by atoms with Crippen molar-refractivity contribution in [2.45, 2.75) is 77.7 Å². The molecule has 0 radical (unpaired) electrons. The lowest BCUT2D eigenvalue weighted by Crippen LogP contribution is -2.37. The zero-order chi connectivity index (χ0) is 13.6. The molecule has 0 atom stereocenters. The first-order valence-corrected chi connectivity index (χ1v) is 7.34. The highest BCUT2D eigenvalue weighted by atomic mass is 16.6. The minimum atomic E-state index is -0.232. The van der Waals surface area contributed by atoms with Crippen molar-refractivity contribution >= 4 is 5.97 Å². The third kappa shape index (κ3) is 4.83. The van der Waals surface area contributed by atoms with E-state index in [9.17, 15) is 4.79 Å². The smallest absolute Gasteiger partial charge is 0.333 e. The Morgan fingerprint density at radius 3 is 2.11 bits per heavy atom. The van der Waals surface area contributed by atoms with Crippen molar-refractivity contribution in [1.82, 2.24) is 0 Å². The summed E-state index contributed by atoms with van der Waals surface area (Å²) in [4.78, 5) is 11.9. The molecule has 0 saturated heterocycles. The van der Waals surface area contributed by atoms with Crippen LogP contribution in [-0.2, 0) is 9.53 Å². The highest BCUT2D eigenvalue weighted by Gasteiger charge is 2.35. The van der Waals surface area contributed by atoms with Gasteiger partial charge in [-0.25, -0.2) is 4.79 Å². The summed E-state index contributed by atoms with van der Waals surface area (Å²) in [5.41, 5.74) is 0.283. The van der Waals surface area contributed by atoms with Crippen molar-refractivity contribution in [3.05, 3.63) is 12.2 Å². The molecule has 0 heterocycles. The van der Waals surface area contributed by atoms with Crippen LogP contribution < -0.4 is 0 Å². The molecule has 0 aromatic heterocycles. The fourth-order valence-electron chi connectivity index (χ4n) is 2.93. The highest BCUT2D eigenvalue weighted by molar-refractivity contribution is 5.87. The second-order valence-corrected chi connectivity index (χ2v) is 6.22. The second-order valence-electron chi connectivity index (χ2n) is 6.22. The summed E-state index contributed by atoms with van der Waals surface area (Å²) in [6.45, 7) is 9.84. The molecule has 0 amide bonds. The van der Waals surface area contributed by atoms with Gasteiger partial charge in [0.25, 0.3) is 0 Å². The first-order valence-electron chi connectivity index (χ1n) is 7.34. The Hall–Kier alpha value is -0.790. The van der Waals surface area contributed by atoms with Gasteiger partial charge in [-0.1, -0.05) is 39.7 Å². The van der Waals surface area contributed by atoms with E-state index in [0.29, 0.717) is 11.5 Å². The number of carbonyl (C=O) groups is 1. The third-order valence-corrected chi connectivity index (χ3v) is 3.70. The fourth-order valence-corrected chi connectivity index (χ4v) is 2.93. The molecule has 1 rings (SSSR count). The maximum Gasteiger partial charge on any atom is 0.333 e. The maximum absolute atomic E-state index is 11.9. The van der Waals surface area contributed by atoms with Crippen molar-refractivity contribution in [1.29, 1.82) is 0 Å². The molecule has 0 N–H and O–H groups in total. The van der Waals surface area contributed by atoms with Gasteiger partial charge in [0.15, 0.2) is 0 Å². The zero-order valence-electron chi connectivity index (χ0n) is 12.3.